The van der Waals surface area contributed by atoms with Crippen LogP contribution in [0.1, 0.15) is 25.7 Å². The molecule has 3 heterocycles. The maximum Gasteiger partial charge on any atom is 0.199 e. The standard InChI is InChI=1S/C19H25ClN4O2S/c20-15-7-5-14(6-8-15)18-21-24(13-22-9-1-3-16(25)11-22)19(27)23(18)12-17-4-2-10-26-17/h5-8,16-17,25H,1-4,9-13H2/t16-,17+/m0/s1. The van der Waals surface area contributed by atoms with Crippen LogP contribution in [0.2, 0.25) is 5.02 Å². The molecule has 2 fully saturated rings. The summed E-state index contributed by atoms with van der Waals surface area (Å²) in [4.78, 5) is 2.21. The minimum absolute atomic E-state index is 0.178. The highest BCUT2D eigenvalue weighted by Gasteiger charge is 2.23. The number of ether oxygens (including phenoxy) is 1. The normalized spacial score (nSPS) is 23.8. The fourth-order valence-electron chi connectivity index (χ4n) is 3.85. The fourth-order valence-corrected chi connectivity index (χ4v) is 4.24. The van der Waals surface area contributed by atoms with Gasteiger partial charge >= 0.3 is 0 Å². The Morgan fingerprint density at radius 1 is 1.22 bits per heavy atom. The van der Waals surface area contributed by atoms with Crippen LogP contribution in [0, 0.1) is 4.77 Å². The highest BCUT2D eigenvalue weighted by Crippen LogP contribution is 2.24. The summed E-state index contributed by atoms with van der Waals surface area (Å²) in [5.41, 5.74) is 0.987. The van der Waals surface area contributed by atoms with Crippen LogP contribution >= 0.6 is 23.8 Å². The largest absolute Gasteiger partial charge is 0.392 e. The van der Waals surface area contributed by atoms with Crippen molar-refractivity contribution in [3.05, 3.63) is 34.1 Å². The van der Waals surface area contributed by atoms with Gasteiger partial charge in [0, 0.05) is 30.3 Å². The number of rotatable bonds is 5. The molecule has 1 aromatic carbocycles. The molecular formula is C19H25ClN4O2S. The second-order valence-electron chi connectivity index (χ2n) is 7.37. The van der Waals surface area contributed by atoms with Gasteiger partial charge in [0.05, 0.1) is 25.4 Å². The SMILES string of the molecule is O[C@H]1CCCN(Cn2nc(-c3ccc(Cl)cc3)n(C[C@H]3CCCO3)c2=S)C1. The third kappa shape index (κ3) is 4.43. The molecule has 146 valence electrons. The van der Waals surface area contributed by atoms with E-state index in [0.717, 1.165) is 50.2 Å². The lowest BCUT2D eigenvalue weighted by Crippen LogP contribution is -2.39. The third-order valence-electron chi connectivity index (χ3n) is 5.25. The quantitative estimate of drug-likeness (QED) is 0.769. The molecule has 4 rings (SSSR count). The van der Waals surface area contributed by atoms with Gasteiger partial charge in [0.15, 0.2) is 10.6 Å². The first-order chi connectivity index (χ1) is 13.1. The molecule has 0 aliphatic carbocycles. The summed E-state index contributed by atoms with van der Waals surface area (Å²) in [6.45, 7) is 3.73. The van der Waals surface area contributed by atoms with Crippen molar-refractivity contribution in [1.29, 1.82) is 0 Å². The average Bonchev–Trinajstić information content (AvgIpc) is 3.27. The van der Waals surface area contributed by atoms with E-state index in [2.05, 4.69) is 9.47 Å². The van der Waals surface area contributed by atoms with Crippen LogP contribution in [0.5, 0.6) is 0 Å². The number of aliphatic hydroxyl groups is 1. The Labute approximate surface area is 169 Å². The average molecular weight is 409 g/mol. The number of likely N-dealkylation sites (tertiary alicyclic amines) is 1. The van der Waals surface area contributed by atoms with E-state index in [4.69, 9.17) is 33.7 Å². The number of hydrogen-bond donors (Lipinski definition) is 1. The first-order valence-electron chi connectivity index (χ1n) is 9.56. The maximum absolute atomic E-state index is 9.95. The van der Waals surface area contributed by atoms with Crippen molar-refractivity contribution in [2.45, 2.75) is 51.1 Å². The Kier molecular flexibility index (Phi) is 5.94. The van der Waals surface area contributed by atoms with Crippen molar-refractivity contribution >= 4 is 23.8 Å². The number of nitrogens with zero attached hydrogens (tertiary/aromatic N) is 4. The van der Waals surface area contributed by atoms with Crippen molar-refractivity contribution in [3.63, 3.8) is 0 Å². The van der Waals surface area contributed by atoms with Crippen LogP contribution in [-0.4, -0.2) is 56.3 Å². The number of piperidine rings is 1. The zero-order chi connectivity index (χ0) is 18.8. The summed E-state index contributed by atoms with van der Waals surface area (Å²) in [6, 6.07) is 7.69. The van der Waals surface area contributed by atoms with Gasteiger partial charge in [-0.2, -0.15) is 5.10 Å². The van der Waals surface area contributed by atoms with E-state index >= 15 is 0 Å². The highest BCUT2D eigenvalue weighted by molar-refractivity contribution is 7.71. The lowest BCUT2D eigenvalue weighted by atomic mass is 10.1. The monoisotopic (exact) mass is 408 g/mol. The molecule has 1 aromatic heterocycles. The van der Waals surface area contributed by atoms with E-state index in [-0.39, 0.29) is 12.2 Å². The lowest BCUT2D eigenvalue weighted by molar-refractivity contribution is 0.0511. The van der Waals surface area contributed by atoms with Gasteiger partial charge in [-0.25, -0.2) is 4.68 Å². The van der Waals surface area contributed by atoms with Crippen LogP contribution in [0.25, 0.3) is 11.4 Å². The van der Waals surface area contributed by atoms with Crippen LogP contribution in [0.3, 0.4) is 0 Å². The highest BCUT2D eigenvalue weighted by atomic mass is 35.5. The molecule has 1 N–H and O–H groups in total. The molecular weight excluding hydrogens is 384 g/mol. The predicted octanol–water partition coefficient (Wildman–Crippen LogP) is 3.33. The van der Waals surface area contributed by atoms with Crippen molar-refractivity contribution in [1.82, 2.24) is 19.2 Å². The minimum Gasteiger partial charge on any atom is -0.392 e. The second-order valence-corrected chi connectivity index (χ2v) is 8.17. The first kappa shape index (κ1) is 19.1. The fraction of sp³-hybridized carbons (Fsp3) is 0.579. The van der Waals surface area contributed by atoms with Crippen molar-refractivity contribution in [3.8, 4) is 11.4 Å². The molecule has 6 nitrogen and oxygen atoms in total. The minimum atomic E-state index is -0.266. The van der Waals surface area contributed by atoms with E-state index in [1.807, 2.05) is 28.9 Å². The molecule has 27 heavy (non-hydrogen) atoms. The maximum atomic E-state index is 9.95. The van der Waals surface area contributed by atoms with Crippen molar-refractivity contribution < 1.29 is 9.84 Å². The molecule has 0 radical (unpaired) electrons. The van der Waals surface area contributed by atoms with E-state index in [0.29, 0.717) is 29.6 Å². The summed E-state index contributed by atoms with van der Waals surface area (Å²) >= 11 is 11.8. The smallest absolute Gasteiger partial charge is 0.199 e. The van der Waals surface area contributed by atoms with Crippen molar-refractivity contribution in [2.75, 3.05) is 19.7 Å². The van der Waals surface area contributed by atoms with Gasteiger partial charge in [0.1, 0.15) is 0 Å². The summed E-state index contributed by atoms with van der Waals surface area (Å²) in [7, 11) is 0. The number of hydrogen-bond acceptors (Lipinski definition) is 5. The Morgan fingerprint density at radius 3 is 2.74 bits per heavy atom. The molecule has 8 heteroatoms. The first-order valence-corrected chi connectivity index (χ1v) is 10.3. The van der Waals surface area contributed by atoms with Gasteiger partial charge in [-0.15, -0.1) is 0 Å². The van der Waals surface area contributed by atoms with Gasteiger partial charge < -0.3 is 9.84 Å². The van der Waals surface area contributed by atoms with Gasteiger partial charge in [-0.3, -0.25) is 9.47 Å². The number of benzene rings is 1. The lowest BCUT2D eigenvalue weighted by Gasteiger charge is -2.29. The number of β-amino-alcohol motifs (C(OH)–C–C–N with tert-alkyl or cyclic N) is 1. The molecule has 0 saturated carbocycles. The Morgan fingerprint density at radius 2 is 2.04 bits per heavy atom. The van der Waals surface area contributed by atoms with Gasteiger partial charge in [-0.1, -0.05) is 11.6 Å². The Hall–Kier alpha value is -1.25. The van der Waals surface area contributed by atoms with Crippen LogP contribution < -0.4 is 0 Å². The van der Waals surface area contributed by atoms with E-state index < -0.39 is 0 Å². The van der Waals surface area contributed by atoms with Crippen LogP contribution in [0.4, 0.5) is 0 Å². The number of halogens is 1. The number of aliphatic hydroxyl groups excluding tert-OH is 1. The van der Waals surface area contributed by atoms with Crippen LogP contribution in [0.15, 0.2) is 24.3 Å². The second kappa shape index (κ2) is 8.41. The molecule has 2 saturated heterocycles. The molecule has 0 spiro atoms. The van der Waals surface area contributed by atoms with Gasteiger partial charge in [0.25, 0.3) is 0 Å². The van der Waals surface area contributed by atoms with E-state index in [9.17, 15) is 5.11 Å². The summed E-state index contributed by atoms with van der Waals surface area (Å²) in [6.07, 6.45) is 3.91. The molecule has 0 unspecified atom stereocenters. The Balaban J connectivity index is 1.65. The molecule has 0 amide bonds. The summed E-state index contributed by atoms with van der Waals surface area (Å²) in [5, 5.41) is 15.5. The van der Waals surface area contributed by atoms with Crippen molar-refractivity contribution in [2.24, 2.45) is 0 Å². The topological polar surface area (TPSA) is 55.5 Å². The van der Waals surface area contributed by atoms with Gasteiger partial charge in [0.2, 0.25) is 0 Å². The Bertz CT molecular complexity index is 829. The zero-order valence-corrected chi connectivity index (χ0v) is 16.8. The summed E-state index contributed by atoms with van der Waals surface area (Å²) in [5.74, 6) is 0.838. The predicted molar refractivity (Wildman–Crippen MR) is 107 cm³/mol. The van der Waals surface area contributed by atoms with E-state index in [1.54, 1.807) is 0 Å². The summed E-state index contributed by atoms with van der Waals surface area (Å²) < 4.78 is 10.5. The zero-order valence-electron chi connectivity index (χ0n) is 15.3. The van der Waals surface area contributed by atoms with E-state index in [1.165, 1.54) is 0 Å². The molecule has 0 bridgehead atoms. The number of aromatic nitrogens is 3. The van der Waals surface area contributed by atoms with Gasteiger partial charge in [-0.05, 0) is 62.2 Å². The molecule has 2 aromatic rings. The molecule has 2 aliphatic rings. The molecule has 2 aliphatic heterocycles. The third-order valence-corrected chi connectivity index (χ3v) is 5.93. The van der Waals surface area contributed by atoms with Crippen LogP contribution in [-0.2, 0) is 18.0 Å². The molecule has 2 atom stereocenters.